The first-order valence-corrected chi connectivity index (χ1v) is 16.1. The molecule has 0 radical (unpaired) electrons. The van der Waals surface area contributed by atoms with Crippen LogP contribution in [-0.2, 0) is 28.7 Å². The van der Waals surface area contributed by atoms with Gasteiger partial charge in [-0.05, 0) is 41.5 Å². The molecule has 0 aromatic rings. The number of hydrogen-bond acceptors (Lipinski definition) is 8. The molecule has 0 atom stereocenters. The number of nitrogens with two attached hydrogens (primary N) is 1. The highest BCUT2D eigenvalue weighted by molar-refractivity contribution is 5.82. The number of piperazine rings is 2. The number of hydrogen-bond donors (Lipinski definition) is 2. The summed E-state index contributed by atoms with van der Waals surface area (Å²) in [5.74, 6) is -0.0228. The zero-order chi connectivity index (χ0) is 36.9. The van der Waals surface area contributed by atoms with E-state index in [2.05, 4.69) is 10.1 Å². The van der Waals surface area contributed by atoms with Gasteiger partial charge in [-0.3, -0.25) is 19.2 Å². The molecule has 2 fully saturated rings. The molecule has 46 heavy (non-hydrogen) atoms. The lowest BCUT2D eigenvalue weighted by atomic mass is 9.94. The number of methoxy groups -OCH3 is 1. The minimum absolute atomic E-state index is 0.135. The lowest BCUT2D eigenvalue weighted by molar-refractivity contribution is -0.149. The van der Waals surface area contributed by atoms with Crippen LogP contribution >= 0.6 is 0 Å². The molecule has 2 saturated heterocycles. The number of carbonyl (C=O) groups is 5. The summed E-state index contributed by atoms with van der Waals surface area (Å²) in [6.07, 6.45) is -0.296. The SMILES string of the molecule is CC(C)(C)C(=O)N1CCNCC1.CC(C)(C)C(N)=O.CC(C)(C)OC(=O)N1CCN(C(=O)C(C)(C)C)CC1.COC(=O)C(C)(C)C. The molecule has 0 spiro atoms. The topological polar surface area (TPSA) is 152 Å². The Morgan fingerprint density at radius 3 is 1.11 bits per heavy atom. The van der Waals surface area contributed by atoms with Crippen LogP contribution in [0.15, 0.2) is 0 Å². The third-order valence-corrected chi connectivity index (χ3v) is 6.44. The number of primary amides is 1. The summed E-state index contributed by atoms with van der Waals surface area (Å²) in [4.78, 5) is 62.0. The number of carbonyl (C=O) groups excluding carboxylic acids is 5. The maximum absolute atomic E-state index is 12.1. The van der Waals surface area contributed by atoms with E-state index in [4.69, 9.17) is 10.5 Å². The van der Waals surface area contributed by atoms with Gasteiger partial charge in [0.25, 0.3) is 0 Å². The van der Waals surface area contributed by atoms with Crippen molar-refractivity contribution in [2.75, 3.05) is 59.5 Å². The minimum Gasteiger partial charge on any atom is -0.469 e. The number of ether oxygens (including phenoxy) is 2. The lowest BCUT2D eigenvalue weighted by Gasteiger charge is -2.38. The number of nitrogens with one attached hydrogen (secondary N) is 1. The molecule has 2 rings (SSSR count). The number of amides is 4. The smallest absolute Gasteiger partial charge is 0.410 e. The van der Waals surface area contributed by atoms with Crippen LogP contribution in [0.3, 0.4) is 0 Å². The summed E-state index contributed by atoms with van der Waals surface area (Å²) in [6, 6.07) is 0. The average molecular weight is 658 g/mol. The van der Waals surface area contributed by atoms with Crippen LogP contribution in [0.5, 0.6) is 0 Å². The van der Waals surface area contributed by atoms with Crippen molar-refractivity contribution in [3.05, 3.63) is 0 Å². The second kappa shape index (κ2) is 18.4. The zero-order valence-corrected chi connectivity index (χ0v) is 31.9. The van der Waals surface area contributed by atoms with Crippen molar-refractivity contribution in [3.63, 3.8) is 0 Å². The molecule has 270 valence electrons. The molecule has 12 nitrogen and oxygen atoms in total. The van der Waals surface area contributed by atoms with Crippen LogP contribution in [0.25, 0.3) is 0 Å². The van der Waals surface area contributed by atoms with Gasteiger partial charge in [0.1, 0.15) is 5.60 Å². The van der Waals surface area contributed by atoms with Gasteiger partial charge in [-0.2, -0.15) is 0 Å². The zero-order valence-electron chi connectivity index (χ0n) is 31.9. The fourth-order valence-corrected chi connectivity index (χ4v) is 3.54. The Balaban J connectivity index is 0. The Bertz CT molecular complexity index is 980. The quantitative estimate of drug-likeness (QED) is 0.366. The molecule has 0 aromatic heterocycles. The van der Waals surface area contributed by atoms with Crippen molar-refractivity contribution in [3.8, 4) is 0 Å². The summed E-state index contributed by atoms with van der Waals surface area (Å²) in [5.41, 5.74) is 3.15. The highest BCUT2D eigenvalue weighted by Gasteiger charge is 2.32. The van der Waals surface area contributed by atoms with Crippen LogP contribution in [0, 0.1) is 21.7 Å². The molecule has 2 heterocycles. The molecule has 12 heteroatoms. The Hall–Kier alpha value is -2.89. The predicted molar refractivity (Wildman–Crippen MR) is 183 cm³/mol. The molecule has 2 aliphatic rings. The van der Waals surface area contributed by atoms with Crippen LogP contribution in [0.4, 0.5) is 4.79 Å². The Kier molecular flexibility index (Phi) is 18.1. The van der Waals surface area contributed by atoms with E-state index < -0.39 is 5.60 Å². The van der Waals surface area contributed by atoms with E-state index in [0.29, 0.717) is 26.2 Å². The third-order valence-electron chi connectivity index (χ3n) is 6.44. The van der Waals surface area contributed by atoms with Crippen molar-refractivity contribution in [1.29, 1.82) is 0 Å². The van der Waals surface area contributed by atoms with Gasteiger partial charge in [0, 0.05) is 68.6 Å². The van der Waals surface area contributed by atoms with E-state index >= 15 is 0 Å². The van der Waals surface area contributed by atoms with Gasteiger partial charge in [-0.25, -0.2) is 4.79 Å². The Morgan fingerprint density at radius 1 is 0.543 bits per heavy atom. The number of esters is 1. The molecule has 0 aliphatic carbocycles. The second-order valence-corrected chi connectivity index (χ2v) is 16.7. The molecule has 0 bridgehead atoms. The molecular weight excluding hydrogens is 590 g/mol. The molecular formula is C34H67N5O7. The molecule has 0 aromatic carbocycles. The summed E-state index contributed by atoms with van der Waals surface area (Å²) < 4.78 is 9.80. The Morgan fingerprint density at radius 2 is 0.870 bits per heavy atom. The predicted octanol–water partition coefficient (Wildman–Crippen LogP) is 4.30. The van der Waals surface area contributed by atoms with E-state index in [-0.39, 0.29) is 51.4 Å². The van der Waals surface area contributed by atoms with Gasteiger partial charge in [0.2, 0.25) is 17.7 Å². The van der Waals surface area contributed by atoms with Gasteiger partial charge in [-0.15, -0.1) is 0 Å². The van der Waals surface area contributed by atoms with Crippen LogP contribution in [0.1, 0.15) is 104 Å². The molecule has 0 unspecified atom stereocenters. The summed E-state index contributed by atoms with van der Waals surface area (Å²) in [5, 5.41) is 3.23. The van der Waals surface area contributed by atoms with Crippen molar-refractivity contribution in [2.24, 2.45) is 27.4 Å². The number of rotatable bonds is 0. The van der Waals surface area contributed by atoms with Crippen LogP contribution in [-0.4, -0.2) is 110 Å². The first-order chi connectivity index (χ1) is 20.4. The second-order valence-electron chi connectivity index (χ2n) is 16.7. The first kappa shape index (κ1) is 45.2. The van der Waals surface area contributed by atoms with Gasteiger partial charge in [-0.1, -0.05) is 62.3 Å². The molecule has 2 aliphatic heterocycles. The largest absolute Gasteiger partial charge is 0.469 e. The molecule has 4 amide bonds. The van der Waals surface area contributed by atoms with E-state index in [1.165, 1.54) is 7.11 Å². The first-order valence-electron chi connectivity index (χ1n) is 16.1. The van der Waals surface area contributed by atoms with Gasteiger partial charge in [0.05, 0.1) is 12.5 Å². The van der Waals surface area contributed by atoms with Crippen molar-refractivity contribution >= 4 is 29.8 Å². The van der Waals surface area contributed by atoms with Gasteiger partial charge in [0.15, 0.2) is 0 Å². The van der Waals surface area contributed by atoms with Crippen LogP contribution < -0.4 is 11.1 Å². The fraction of sp³-hybridized carbons (Fsp3) is 0.853. The minimum atomic E-state index is -0.477. The van der Waals surface area contributed by atoms with Gasteiger partial charge < -0.3 is 35.2 Å². The molecule has 0 saturated carbocycles. The average Bonchev–Trinajstić information content (AvgIpc) is 2.90. The highest BCUT2D eigenvalue weighted by Crippen LogP contribution is 2.20. The van der Waals surface area contributed by atoms with E-state index in [0.717, 1.165) is 26.2 Å². The van der Waals surface area contributed by atoms with E-state index in [1.807, 2.05) is 92.9 Å². The van der Waals surface area contributed by atoms with Crippen LogP contribution in [0.2, 0.25) is 0 Å². The number of nitrogens with zero attached hydrogens (tertiary/aromatic N) is 3. The van der Waals surface area contributed by atoms with E-state index in [9.17, 15) is 24.0 Å². The third kappa shape index (κ3) is 19.6. The Labute approximate surface area is 279 Å². The summed E-state index contributed by atoms with van der Waals surface area (Å²) >= 11 is 0. The standard InChI is InChI=1S/C14H26N2O3.C9H18N2O.C6H12O2.C5H11NO/c1-13(2,3)11(17)15-7-9-16(10-8-15)12(18)19-14(4,5)6;1-9(2,3)8(12)11-6-4-10-5-7-11;1-6(2,3)5(7)8-4;1-5(2,3)4(6)7/h7-10H2,1-6H3;10H,4-7H2,1-3H3;1-4H3;1-3H3,(H2,6,7). The maximum Gasteiger partial charge on any atom is 0.410 e. The normalized spacial score (nSPS) is 15.9. The highest BCUT2D eigenvalue weighted by atomic mass is 16.6. The summed E-state index contributed by atoms with van der Waals surface area (Å²) in [7, 11) is 1.40. The molecule has 3 N–H and O–H groups in total. The van der Waals surface area contributed by atoms with Crippen molar-refractivity contribution < 1.29 is 33.4 Å². The summed E-state index contributed by atoms with van der Waals surface area (Å²) in [6.45, 7) is 33.8. The lowest BCUT2D eigenvalue weighted by Crippen LogP contribution is -2.53. The maximum atomic E-state index is 12.1. The van der Waals surface area contributed by atoms with Crippen molar-refractivity contribution in [2.45, 2.75) is 109 Å². The monoisotopic (exact) mass is 658 g/mol. The van der Waals surface area contributed by atoms with E-state index in [1.54, 1.807) is 25.7 Å². The van der Waals surface area contributed by atoms with Crippen molar-refractivity contribution in [1.82, 2.24) is 20.0 Å². The fourth-order valence-electron chi connectivity index (χ4n) is 3.54. The van der Waals surface area contributed by atoms with Gasteiger partial charge >= 0.3 is 12.1 Å².